The van der Waals surface area contributed by atoms with Gasteiger partial charge in [0.15, 0.2) is 5.41 Å². The first-order chi connectivity index (χ1) is 9.56. The molecule has 0 heterocycles. The molecule has 0 saturated carbocycles. The third-order valence-electron chi connectivity index (χ3n) is 3.04. The molecule has 0 aliphatic rings. The predicted octanol–water partition coefficient (Wildman–Crippen LogP) is 2.98. The van der Waals surface area contributed by atoms with E-state index < -0.39 is 17.4 Å². The second kappa shape index (κ2) is 10.2. The molecule has 5 heteroatoms. The monoisotopic (exact) mass is 283 g/mol. The maximum absolute atomic E-state index is 12.0. The Morgan fingerprint density at radius 3 is 2.25 bits per heavy atom. The highest BCUT2D eigenvalue weighted by Gasteiger charge is 2.42. The van der Waals surface area contributed by atoms with Gasteiger partial charge in [0.1, 0.15) is 0 Å². The summed E-state index contributed by atoms with van der Waals surface area (Å²) in [6.45, 7) is 6.16. The number of carbonyl (C=O) groups excluding carboxylic acids is 2. The van der Waals surface area contributed by atoms with Gasteiger partial charge in [0.25, 0.3) is 0 Å². The number of hydrogen-bond acceptors (Lipinski definition) is 5. The van der Waals surface area contributed by atoms with Gasteiger partial charge in [-0.1, -0.05) is 33.1 Å². The smallest absolute Gasteiger partial charge is 0.327 e. The molecule has 5 nitrogen and oxygen atoms in total. The maximum Gasteiger partial charge on any atom is 0.327 e. The Hall–Kier alpha value is -1.57. The normalized spacial score (nSPS) is 13.1. The number of rotatable bonds is 10. The van der Waals surface area contributed by atoms with Crippen LogP contribution in [0.5, 0.6) is 0 Å². The van der Waals surface area contributed by atoms with Crippen LogP contribution in [-0.2, 0) is 19.1 Å². The zero-order chi connectivity index (χ0) is 15.4. The molecule has 20 heavy (non-hydrogen) atoms. The Morgan fingerprint density at radius 2 is 1.75 bits per heavy atom. The van der Waals surface area contributed by atoms with Gasteiger partial charge >= 0.3 is 11.9 Å². The van der Waals surface area contributed by atoms with E-state index in [9.17, 15) is 14.9 Å². The van der Waals surface area contributed by atoms with E-state index in [0.717, 1.165) is 19.3 Å². The molecular weight excluding hydrogens is 258 g/mol. The van der Waals surface area contributed by atoms with E-state index in [2.05, 4.69) is 0 Å². The molecule has 114 valence electrons. The molecule has 0 N–H and O–H groups in total. The summed E-state index contributed by atoms with van der Waals surface area (Å²) in [6, 6.07) is 1.98. The van der Waals surface area contributed by atoms with Crippen LogP contribution in [0.1, 0.15) is 59.3 Å². The molecule has 0 rings (SSSR count). The zero-order valence-corrected chi connectivity index (χ0v) is 12.7. The van der Waals surface area contributed by atoms with E-state index in [-0.39, 0.29) is 13.0 Å². The number of ether oxygens (including phenoxy) is 2. The summed E-state index contributed by atoms with van der Waals surface area (Å²) in [5.74, 6) is -1.13. The first-order valence-electron chi connectivity index (χ1n) is 7.30. The van der Waals surface area contributed by atoms with Crippen molar-refractivity contribution < 1.29 is 19.1 Å². The molecule has 0 aliphatic carbocycles. The fourth-order valence-corrected chi connectivity index (χ4v) is 1.78. The van der Waals surface area contributed by atoms with Crippen molar-refractivity contribution in [1.82, 2.24) is 0 Å². The SMILES string of the molecule is CCCCOC(=O)CC(C#N)(CCCC)C(=O)OCC. The molecule has 0 aromatic heterocycles. The lowest BCUT2D eigenvalue weighted by Gasteiger charge is -2.23. The molecule has 0 saturated heterocycles. The number of nitriles is 1. The van der Waals surface area contributed by atoms with E-state index in [0.29, 0.717) is 19.4 Å². The fourth-order valence-electron chi connectivity index (χ4n) is 1.78. The second-order valence-electron chi connectivity index (χ2n) is 4.77. The van der Waals surface area contributed by atoms with Crippen LogP contribution in [0.3, 0.4) is 0 Å². The highest BCUT2D eigenvalue weighted by molar-refractivity contribution is 5.86. The first-order valence-corrected chi connectivity index (χ1v) is 7.30. The Morgan fingerprint density at radius 1 is 1.10 bits per heavy atom. The number of carbonyl (C=O) groups is 2. The van der Waals surface area contributed by atoms with Crippen molar-refractivity contribution >= 4 is 11.9 Å². The van der Waals surface area contributed by atoms with Crippen molar-refractivity contribution in [2.75, 3.05) is 13.2 Å². The topological polar surface area (TPSA) is 76.4 Å². The Balaban J connectivity index is 4.78. The minimum atomic E-state index is -1.41. The standard InChI is InChI=1S/C15H25NO4/c1-4-7-9-15(12-16,14(18)19-6-3)11-13(17)20-10-8-5-2/h4-11H2,1-3H3. The quantitative estimate of drug-likeness (QED) is 0.455. The Kier molecular flexibility index (Phi) is 9.44. The van der Waals surface area contributed by atoms with Crippen LogP contribution in [0.4, 0.5) is 0 Å². The van der Waals surface area contributed by atoms with Crippen LogP contribution in [0.25, 0.3) is 0 Å². The number of unbranched alkanes of at least 4 members (excludes halogenated alkanes) is 2. The van der Waals surface area contributed by atoms with Crippen LogP contribution in [0, 0.1) is 16.7 Å². The molecule has 0 spiro atoms. The van der Waals surface area contributed by atoms with E-state index in [1.54, 1.807) is 6.92 Å². The van der Waals surface area contributed by atoms with Crippen molar-refractivity contribution in [3.05, 3.63) is 0 Å². The van der Waals surface area contributed by atoms with Gasteiger partial charge in [-0.3, -0.25) is 9.59 Å². The minimum absolute atomic E-state index is 0.194. The predicted molar refractivity (Wildman–Crippen MR) is 74.7 cm³/mol. The summed E-state index contributed by atoms with van der Waals surface area (Å²) in [4.78, 5) is 23.8. The van der Waals surface area contributed by atoms with Crippen molar-refractivity contribution in [2.24, 2.45) is 5.41 Å². The maximum atomic E-state index is 12.0. The van der Waals surface area contributed by atoms with Crippen LogP contribution in [0.15, 0.2) is 0 Å². The van der Waals surface area contributed by atoms with Crippen LogP contribution >= 0.6 is 0 Å². The number of esters is 2. The summed E-state index contributed by atoms with van der Waals surface area (Å²) in [5.41, 5.74) is -1.41. The van der Waals surface area contributed by atoms with Gasteiger partial charge in [-0.2, -0.15) is 5.26 Å². The second-order valence-corrected chi connectivity index (χ2v) is 4.77. The third kappa shape index (κ3) is 6.05. The first kappa shape index (κ1) is 18.4. The van der Waals surface area contributed by atoms with Gasteiger partial charge in [0.2, 0.25) is 0 Å². The number of nitrogens with zero attached hydrogens (tertiary/aromatic N) is 1. The van der Waals surface area contributed by atoms with Crippen molar-refractivity contribution in [3.63, 3.8) is 0 Å². The summed E-state index contributed by atoms with van der Waals surface area (Å²) >= 11 is 0. The largest absolute Gasteiger partial charge is 0.466 e. The van der Waals surface area contributed by atoms with Gasteiger partial charge in [-0.15, -0.1) is 0 Å². The number of hydrogen-bond donors (Lipinski definition) is 0. The average molecular weight is 283 g/mol. The van der Waals surface area contributed by atoms with Gasteiger partial charge < -0.3 is 9.47 Å². The van der Waals surface area contributed by atoms with Gasteiger partial charge in [0.05, 0.1) is 25.7 Å². The Labute approximate surface area is 121 Å². The average Bonchev–Trinajstić information content (AvgIpc) is 2.44. The molecular formula is C15H25NO4. The van der Waals surface area contributed by atoms with E-state index in [1.165, 1.54) is 0 Å². The summed E-state index contributed by atoms with van der Waals surface area (Å²) in [6.07, 6.45) is 3.32. The minimum Gasteiger partial charge on any atom is -0.466 e. The van der Waals surface area contributed by atoms with E-state index >= 15 is 0 Å². The van der Waals surface area contributed by atoms with Crippen LogP contribution in [0.2, 0.25) is 0 Å². The van der Waals surface area contributed by atoms with Gasteiger partial charge in [0, 0.05) is 0 Å². The molecule has 0 aromatic carbocycles. The van der Waals surface area contributed by atoms with Crippen molar-refractivity contribution in [1.29, 1.82) is 5.26 Å². The molecule has 0 aromatic rings. The van der Waals surface area contributed by atoms with E-state index in [4.69, 9.17) is 9.47 Å². The summed E-state index contributed by atoms with van der Waals surface area (Å²) in [7, 11) is 0. The Bertz CT molecular complexity index is 348. The van der Waals surface area contributed by atoms with Crippen LogP contribution in [-0.4, -0.2) is 25.2 Å². The van der Waals surface area contributed by atoms with E-state index in [1.807, 2.05) is 19.9 Å². The highest BCUT2D eigenvalue weighted by Crippen LogP contribution is 2.30. The third-order valence-corrected chi connectivity index (χ3v) is 3.04. The molecule has 0 bridgehead atoms. The summed E-state index contributed by atoms with van der Waals surface area (Å²) in [5, 5.41) is 9.36. The summed E-state index contributed by atoms with van der Waals surface area (Å²) < 4.78 is 10.0. The van der Waals surface area contributed by atoms with Crippen LogP contribution < -0.4 is 0 Å². The molecule has 0 aliphatic heterocycles. The van der Waals surface area contributed by atoms with Gasteiger partial charge in [-0.25, -0.2) is 0 Å². The zero-order valence-electron chi connectivity index (χ0n) is 12.7. The lowest BCUT2D eigenvalue weighted by atomic mass is 9.81. The molecule has 0 radical (unpaired) electrons. The lowest BCUT2D eigenvalue weighted by molar-refractivity contribution is -0.159. The molecule has 0 amide bonds. The molecule has 0 fully saturated rings. The fraction of sp³-hybridized carbons (Fsp3) is 0.800. The lowest BCUT2D eigenvalue weighted by Crippen LogP contribution is -2.34. The molecule has 1 unspecified atom stereocenters. The highest BCUT2D eigenvalue weighted by atomic mass is 16.5. The van der Waals surface area contributed by atoms with Gasteiger partial charge in [-0.05, 0) is 19.8 Å². The molecule has 1 atom stereocenters. The van der Waals surface area contributed by atoms with Crippen molar-refractivity contribution in [2.45, 2.75) is 59.3 Å². The van der Waals surface area contributed by atoms with Crippen molar-refractivity contribution in [3.8, 4) is 6.07 Å².